The SMILES string of the molecule is O=C(C1CCCO1)N1CCN(c2ccncc2Cl)CC1. The topological polar surface area (TPSA) is 45.7 Å². The Hall–Kier alpha value is -1.33. The maximum absolute atomic E-state index is 12.3. The zero-order valence-electron chi connectivity index (χ0n) is 11.3. The van der Waals surface area contributed by atoms with E-state index in [2.05, 4.69) is 9.88 Å². The summed E-state index contributed by atoms with van der Waals surface area (Å²) >= 11 is 6.16. The van der Waals surface area contributed by atoms with Crippen LogP contribution in [0, 0.1) is 0 Å². The smallest absolute Gasteiger partial charge is 0.251 e. The Bertz CT molecular complexity index is 483. The Morgan fingerprint density at radius 2 is 2.15 bits per heavy atom. The van der Waals surface area contributed by atoms with E-state index in [9.17, 15) is 4.79 Å². The number of rotatable bonds is 2. The second kappa shape index (κ2) is 5.97. The third kappa shape index (κ3) is 2.74. The summed E-state index contributed by atoms with van der Waals surface area (Å²) in [6.45, 7) is 3.74. The summed E-state index contributed by atoms with van der Waals surface area (Å²) in [4.78, 5) is 20.4. The van der Waals surface area contributed by atoms with Gasteiger partial charge in [0.2, 0.25) is 0 Å². The molecule has 5 nitrogen and oxygen atoms in total. The van der Waals surface area contributed by atoms with Crippen LogP contribution in [0.1, 0.15) is 12.8 Å². The zero-order chi connectivity index (χ0) is 13.9. The van der Waals surface area contributed by atoms with Gasteiger partial charge in [-0.2, -0.15) is 0 Å². The van der Waals surface area contributed by atoms with Gasteiger partial charge in [0.05, 0.1) is 10.7 Å². The van der Waals surface area contributed by atoms with E-state index in [4.69, 9.17) is 16.3 Å². The number of halogens is 1. The number of pyridine rings is 1. The maximum atomic E-state index is 12.3. The van der Waals surface area contributed by atoms with E-state index in [1.54, 1.807) is 12.4 Å². The Kier molecular flexibility index (Phi) is 4.08. The van der Waals surface area contributed by atoms with Gasteiger partial charge in [0, 0.05) is 45.2 Å². The first-order valence-corrected chi connectivity index (χ1v) is 7.38. The number of carbonyl (C=O) groups is 1. The average Bonchev–Trinajstić information content (AvgIpc) is 3.01. The van der Waals surface area contributed by atoms with Crippen LogP contribution in [0.3, 0.4) is 0 Å². The van der Waals surface area contributed by atoms with Gasteiger partial charge in [0.25, 0.3) is 5.91 Å². The van der Waals surface area contributed by atoms with Crippen LogP contribution in [-0.2, 0) is 9.53 Å². The molecule has 0 saturated carbocycles. The van der Waals surface area contributed by atoms with E-state index in [0.29, 0.717) is 11.6 Å². The van der Waals surface area contributed by atoms with E-state index in [0.717, 1.165) is 44.7 Å². The summed E-state index contributed by atoms with van der Waals surface area (Å²) in [5.41, 5.74) is 0.992. The summed E-state index contributed by atoms with van der Waals surface area (Å²) in [5, 5.41) is 0.659. The molecule has 0 aliphatic carbocycles. The number of ether oxygens (including phenoxy) is 1. The standard InChI is InChI=1S/C14H18ClN3O2/c15-11-10-16-4-3-12(11)17-5-7-18(8-6-17)14(19)13-2-1-9-20-13/h3-4,10,13H,1-2,5-9H2. The third-order valence-electron chi connectivity index (χ3n) is 3.89. The maximum Gasteiger partial charge on any atom is 0.251 e. The molecule has 0 radical (unpaired) electrons. The van der Waals surface area contributed by atoms with Gasteiger partial charge >= 0.3 is 0 Å². The molecule has 1 amide bonds. The van der Waals surface area contributed by atoms with Gasteiger partial charge in [0.1, 0.15) is 6.10 Å². The van der Waals surface area contributed by atoms with Crippen molar-refractivity contribution >= 4 is 23.2 Å². The molecule has 3 rings (SSSR count). The minimum Gasteiger partial charge on any atom is -0.368 e. The van der Waals surface area contributed by atoms with Crippen molar-refractivity contribution in [1.29, 1.82) is 0 Å². The van der Waals surface area contributed by atoms with Crippen molar-refractivity contribution in [3.63, 3.8) is 0 Å². The van der Waals surface area contributed by atoms with Crippen molar-refractivity contribution in [3.8, 4) is 0 Å². The van der Waals surface area contributed by atoms with Crippen molar-refractivity contribution < 1.29 is 9.53 Å². The molecule has 6 heteroatoms. The van der Waals surface area contributed by atoms with Gasteiger partial charge in [-0.25, -0.2) is 0 Å². The lowest BCUT2D eigenvalue weighted by Gasteiger charge is -2.37. The van der Waals surface area contributed by atoms with Crippen molar-refractivity contribution in [3.05, 3.63) is 23.5 Å². The lowest BCUT2D eigenvalue weighted by Crippen LogP contribution is -2.51. The van der Waals surface area contributed by atoms with Crippen molar-refractivity contribution in [2.75, 3.05) is 37.7 Å². The molecule has 2 aliphatic heterocycles. The number of nitrogens with zero attached hydrogens (tertiary/aromatic N) is 3. The molecule has 1 aromatic rings. The van der Waals surface area contributed by atoms with Crippen LogP contribution in [0.15, 0.2) is 18.5 Å². The molecular formula is C14H18ClN3O2. The number of hydrogen-bond acceptors (Lipinski definition) is 4. The number of carbonyl (C=O) groups excluding carboxylic acids is 1. The van der Waals surface area contributed by atoms with Crippen molar-refractivity contribution in [2.24, 2.45) is 0 Å². The molecular weight excluding hydrogens is 278 g/mol. The molecule has 108 valence electrons. The van der Waals surface area contributed by atoms with Crippen LogP contribution < -0.4 is 4.90 Å². The van der Waals surface area contributed by atoms with Crippen LogP contribution in [-0.4, -0.2) is 54.7 Å². The molecule has 0 spiro atoms. The molecule has 1 unspecified atom stereocenters. The van der Waals surface area contributed by atoms with E-state index < -0.39 is 0 Å². The minimum atomic E-state index is -0.217. The van der Waals surface area contributed by atoms with Gasteiger partial charge in [-0.1, -0.05) is 11.6 Å². The monoisotopic (exact) mass is 295 g/mol. The highest BCUT2D eigenvalue weighted by Crippen LogP contribution is 2.25. The fourth-order valence-corrected chi connectivity index (χ4v) is 3.01. The van der Waals surface area contributed by atoms with Crippen LogP contribution in [0.25, 0.3) is 0 Å². The molecule has 1 aromatic heterocycles. The molecule has 0 N–H and O–H groups in total. The van der Waals surface area contributed by atoms with Crippen LogP contribution in [0.5, 0.6) is 0 Å². The highest BCUT2D eigenvalue weighted by Gasteiger charge is 2.30. The Morgan fingerprint density at radius 3 is 2.80 bits per heavy atom. The molecule has 2 fully saturated rings. The summed E-state index contributed by atoms with van der Waals surface area (Å²) in [6.07, 6.45) is 5.02. The first kappa shape index (κ1) is 13.6. The Morgan fingerprint density at radius 1 is 1.35 bits per heavy atom. The second-order valence-corrected chi connectivity index (χ2v) is 5.55. The van der Waals surface area contributed by atoms with Crippen molar-refractivity contribution in [2.45, 2.75) is 18.9 Å². The summed E-state index contributed by atoms with van der Waals surface area (Å²) in [5.74, 6) is 0.142. The van der Waals surface area contributed by atoms with E-state index in [-0.39, 0.29) is 12.0 Å². The fraction of sp³-hybridized carbons (Fsp3) is 0.571. The molecule has 20 heavy (non-hydrogen) atoms. The van der Waals surface area contributed by atoms with Gasteiger partial charge in [-0.15, -0.1) is 0 Å². The summed E-state index contributed by atoms with van der Waals surface area (Å²) < 4.78 is 5.46. The van der Waals surface area contributed by atoms with Crippen LogP contribution >= 0.6 is 11.6 Å². The zero-order valence-corrected chi connectivity index (χ0v) is 12.1. The molecule has 2 aliphatic rings. The number of aromatic nitrogens is 1. The lowest BCUT2D eigenvalue weighted by molar-refractivity contribution is -0.141. The van der Waals surface area contributed by atoms with Crippen molar-refractivity contribution in [1.82, 2.24) is 9.88 Å². The predicted molar refractivity (Wildman–Crippen MR) is 77.0 cm³/mol. The molecule has 2 saturated heterocycles. The normalized spacial score (nSPS) is 23.1. The molecule has 0 aromatic carbocycles. The van der Waals surface area contributed by atoms with Crippen LogP contribution in [0.4, 0.5) is 5.69 Å². The summed E-state index contributed by atoms with van der Waals surface area (Å²) in [6, 6.07) is 1.92. The van der Waals surface area contributed by atoms with Crippen LogP contribution in [0.2, 0.25) is 5.02 Å². The highest BCUT2D eigenvalue weighted by atomic mass is 35.5. The van der Waals surface area contributed by atoms with Gasteiger partial charge in [-0.3, -0.25) is 9.78 Å². The van der Waals surface area contributed by atoms with E-state index >= 15 is 0 Å². The van der Waals surface area contributed by atoms with Gasteiger partial charge in [-0.05, 0) is 18.9 Å². The number of amides is 1. The van der Waals surface area contributed by atoms with Gasteiger partial charge < -0.3 is 14.5 Å². The number of piperazine rings is 1. The first-order valence-electron chi connectivity index (χ1n) is 7.00. The quantitative estimate of drug-likeness (QED) is 0.831. The Labute approximate surface area is 123 Å². The van der Waals surface area contributed by atoms with E-state index in [1.165, 1.54) is 0 Å². The van der Waals surface area contributed by atoms with E-state index in [1.807, 2.05) is 11.0 Å². The number of hydrogen-bond donors (Lipinski definition) is 0. The predicted octanol–water partition coefficient (Wildman–Crippen LogP) is 1.56. The summed E-state index contributed by atoms with van der Waals surface area (Å²) in [7, 11) is 0. The van der Waals surface area contributed by atoms with Gasteiger partial charge in [0.15, 0.2) is 0 Å². The number of anilines is 1. The third-order valence-corrected chi connectivity index (χ3v) is 4.18. The molecule has 0 bridgehead atoms. The lowest BCUT2D eigenvalue weighted by atomic mass is 10.2. The highest BCUT2D eigenvalue weighted by molar-refractivity contribution is 6.33. The fourth-order valence-electron chi connectivity index (χ4n) is 2.77. The average molecular weight is 296 g/mol. The molecule has 1 atom stereocenters. The largest absolute Gasteiger partial charge is 0.368 e. The molecule has 3 heterocycles. The first-order chi connectivity index (χ1) is 9.75. The Balaban J connectivity index is 1.59. The second-order valence-electron chi connectivity index (χ2n) is 5.14. The minimum absolute atomic E-state index is 0.142.